The summed E-state index contributed by atoms with van der Waals surface area (Å²) in [5.74, 6) is -0.461. The monoisotopic (exact) mass is 430 g/mol. The van der Waals surface area contributed by atoms with Gasteiger partial charge in [0.05, 0.1) is 14.4 Å². The van der Waals surface area contributed by atoms with E-state index in [1.165, 1.54) is 0 Å². The maximum Gasteiger partial charge on any atom is 0.305 e. The maximum absolute atomic E-state index is 11.5. The zero-order chi connectivity index (χ0) is 21.8. The highest BCUT2D eigenvalue weighted by atomic mass is 31.2. The molecule has 0 aromatic heterocycles. The van der Waals surface area contributed by atoms with Crippen molar-refractivity contribution < 1.29 is 33.5 Å². The fourth-order valence-electron chi connectivity index (χ4n) is 2.38. The van der Waals surface area contributed by atoms with Gasteiger partial charge < -0.3 is 28.7 Å². The van der Waals surface area contributed by atoms with E-state index in [0.29, 0.717) is 6.42 Å². The maximum atomic E-state index is 11.5. The van der Waals surface area contributed by atoms with Crippen LogP contribution in [-0.4, -0.2) is 30.4 Å². The molecular weight excluding hydrogens is 395 g/mol. The van der Waals surface area contributed by atoms with Gasteiger partial charge in [0, 0.05) is 6.42 Å². The molecule has 7 nitrogen and oxygen atoms in total. The molecular formula is C21H35O7P-2. The van der Waals surface area contributed by atoms with Gasteiger partial charge in [-0.25, -0.2) is 0 Å². The first-order chi connectivity index (χ1) is 13.8. The third-order valence-corrected chi connectivity index (χ3v) is 4.36. The molecule has 0 heterocycles. The van der Waals surface area contributed by atoms with Crippen molar-refractivity contribution in [1.82, 2.24) is 0 Å². The molecule has 0 aliphatic heterocycles. The number of hydrogen-bond donors (Lipinski definition) is 1. The third-order valence-electron chi connectivity index (χ3n) is 3.89. The molecule has 0 bridgehead atoms. The van der Waals surface area contributed by atoms with E-state index < -0.39 is 33.1 Å². The van der Waals surface area contributed by atoms with Crippen LogP contribution >= 0.6 is 7.82 Å². The van der Waals surface area contributed by atoms with E-state index >= 15 is 0 Å². The second kappa shape index (κ2) is 18.8. The van der Waals surface area contributed by atoms with Crippen LogP contribution in [0, 0.1) is 0 Å². The van der Waals surface area contributed by atoms with Gasteiger partial charge in [-0.1, -0.05) is 62.6 Å². The molecule has 168 valence electrons. The number of esters is 1. The van der Waals surface area contributed by atoms with Crippen LogP contribution in [0.1, 0.15) is 71.1 Å². The van der Waals surface area contributed by atoms with Crippen LogP contribution in [0.2, 0.25) is 0 Å². The van der Waals surface area contributed by atoms with E-state index in [1.807, 2.05) is 0 Å². The number of carbonyl (C=O) groups excluding carboxylic acids is 1. The minimum absolute atomic E-state index is 0.245. The van der Waals surface area contributed by atoms with Crippen LogP contribution in [0.5, 0.6) is 0 Å². The molecule has 0 spiro atoms. The SMILES string of the molecule is CC/C=C\C/C=C\C/C=C\CCCCCCCC(=O)OC[C@@H](O)COP(=O)([O-])[O-]. The van der Waals surface area contributed by atoms with Gasteiger partial charge in [0.15, 0.2) is 0 Å². The molecule has 0 rings (SSSR count). The lowest BCUT2D eigenvalue weighted by atomic mass is 10.1. The highest BCUT2D eigenvalue weighted by Gasteiger charge is 2.09. The van der Waals surface area contributed by atoms with E-state index in [-0.39, 0.29) is 6.42 Å². The Hall–Kier alpha value is -1.24. The molecule has 0 aliphatic rings. The number of aliphatic hydroxyl groups excluding tert-OH is 1. The van der Waals surface area contributed by atoms with Crippen LogP contribution in [0.3, 0.4) is 0 Å². The molecule has 0 amide bonds. The minimum Gasteiger partial charge on any atom is -0.790 e. The Morgan fingerprint density at radius 2 is 1.52 bits per heavy atom. The quantitative estimate of drug-likeness (QED) is 0.153. The summed E-state index contributed by atoms with van der Waals surface area (Å²) in [6, 6.07) is 0. The van der Waals surface area contributed by atoms with Crippen molar-refractivity contribution in [2.24, 2.45) is 0 Å². The number of ether oxygens (including phenoxy) is 1. The molecule has 0 fully saturated rings. The summed E-state index contributed by atoms with van der Waals surface area (Å²) in [5.41, 5.74) is 0. The van der Waals surface area contributed by atoms with Crippen molar-refractivity contribution in [2.45, 2.75) is 77.2 Å². The first-order valence-electron chi connectivity index (χ1n) is 10.3. The molecule has 0 aromatic carbocycles. The van der Waals surface area contributed by atoms with Gasteiger partial charge in [-0.3, -0.25) is 4.79 Å². The summed E-state index contributed by atoms with van der Waals surface area (Å²) in [5, 5.41) is 9.35. The van der Waals surface area contributed by atoms with Crippen LogP contribution in [0.15, 0.2) is 36.5 Å². The molecule has 1 N–H and O–H groups in total. The zero-order valence-corrected chi connectivity index (χ0v) is 18.3. The Balaban J connectivity index is 3.47. The Kier molecular flexibility index (Phi) is 18.0. The highest BCUT2D eigenvalue weighted by Crippen LogP contribution is 2.24. The summed E-state index contributed by atoms with van der Waals surface area (Å²) in [4.78, 5) is 32.0. The molecule has 29 heavy (non-hydrogen) atoms. The summed E-state index contributed by atoms with van der Waals surface area (Å²) in [6.07, 6.45) is 21.0. The topological polar surface area (TPSA) is 119 Å². The highest BCUT2D eigenvalue weighted by molar-refractivity contribution is 7.43. The molecule has 0 aliphatic carbocycles. The summed E-state index contributed by atoms with van der Waals surface area (Å²) in [6.45, 7) is 1.02. The molecule has 1 atom stereocenters. The largest absolute Gasteiger partial charge is 0.790 e. The van der Waals surface area contributed by atoms with Gasteiger partial charge in [0.2, 0.25) is 0 Å². The van der Waals surface area contributed by atoms with Crippen LogP contribution in [0.25, 0.3) is 0 Å². The molecule has 8 heteroatoms. The number of unbranched alkanes of at least 4 members (excludes halogenated alkanes) is 5. The summed E-state index contributed by atoms with van der Waals surface area (Å²) >= 11 is 0. The lowest BCUT2D eigenvalue weighted by Gasteiger charge is -2.29. The average molecular weight is 430 g/mol. The molecule has 0 radical (unpaired) electrons. The van der Waals surface area contributed by atoms with Crippen molar-refractivity contribution in [1.29, 1.82) is 0 Å². The average Bonchev–Trinajstić information content (AvgIpc) is 2.67. The Morgan fingerprint density at radius 1 is 0.931 bits per heavy atom. The minimum atomic E-state index is -5.12. The summed E-state index contributed by atoms with van der Waals surface area (Å²) in [7, 11) is -5.12. The van der Waals surface area contributed by atoms with Crippen molar-refractivity contribution in [3.63, 3.8) is 0 Å². The van der Waals surface area contributed by atoms with Crippen LogP contribution in [0.4, 0.5) is 0 Å². The van der Waals surface area contributed by atoms with E-state index in [2.05, 4.69) is 47.9 Å². The molecule has 0 aromatic rings. The van der Waals surface area contributed by atoms with Crippen LogP contribution in [-0.2, 0) is 18.6 Å². The second-order valence-corrected chi connectivity index (χ2v) is 7.83. The lowest BCUT2D eigenvalue weighted by Crippen LogP contribution is -2.26. The van der Waals surface area contributed by atoms with Crippen molar-refractivity contribution in [3.8, 4) is 0 Å². The fraction of sp³-hybridized carbons (Fsp3) is 0.667. The number of allylic oxidation sites excluding steroid dienone is 6. The Labute approximate surface area is 174 Å². The van der Waals surface area contributed by atoms with Gasteiger partial charge >= 0.3 is 5.97 Å². The van der Waals surface area contributed by atoms with Gasteiger partial charge in [0.1, 0.15) is 12.7 Å². The number of carbonyl (C=O) groups is 1. The fourth-order valence-corrected chi connectivity index (χ4v) is 2.73. The lowest BCUT2D eigenvalue weighted by molar-refractivity contribution is -0.342. The van der Waals surface area contributed by atoms with Crippen molar-refractivity contribution in [2.75, 3.05) is 13.2 Å². The predicted molar refractivity (Wildman–Crippen MR) is 110 cm³/mol. The van der Waals surface area contributed by atoms with Crippen molar-refractivity contribution >= 4 is 13.8 Å². The van der Waals surface area contributed by atoms with Gasteiger partial charge in [-0.05, 0) is 38.5 Å². The van der Waals surface area contributed by atoms with Gasteiger partial charge in [-0.15, -0.1) is 0 Å². The normalized spacial score (nSPS) is 13.7. The van der Waals surface area contributed by atoms with Gasteiger partial charge in [0.25, 0.3) is 0 Å². The third kappa shape index (κ3) is 22.9. The number of phosphoric acid groups is 1. The summed E-state index contributed by atoms with van der Waals surface area (Å²) < 4.78 is 19.0. The van der Waals surface area contributed by atoms with E-state index in [0.717, 1.165) is 51.4 Å². The zero-order valence-electron chi connectivity index (χ0n) is 17.4. The van der Waals surface area contributed by atoms with E-state index in [9.17, 15) is 24.3 Å². The van der Waals surface area contributed by atoms with Gasteiger partial charge in [-0.2, -0.15) is 0 Å². The number of aliphatic hydroxyl groups is 1. The molecule has 0 saturated carbocycles. The molecule has 0 saturated heterocycles. The van der Waals surface area contributed by atoms with E-state index in [1.54, 1.807) is 0 Å². The first kappa shape index (κ1) is 27.8. The number of phosphoric ester groups is 1. The smallest absolute Gasteiger partial charge is 0.305 e. The van der Waals surface area contributed by atoms with Crippen molar-refractivity contribution in [3.05, 3.63) is 36.5 Å². The van der Waals surface area contributed by atoms with E-state index in [4.69, 9.17) is 4.74 Å². The first-order valence-corrected chi connectivity index (χ1v) is 11.8. The standard InChI is InChI=1S/C21H37O7P/c1-2-3-4-5-6-7-8-9-10-11-12-13-14-15-16-17-21(23)27-18-20(22)19-28-29(24,25)26/h3-4,6-7,9-10,20,22H,2,5,8,11-19H2,1H3,(H2,24,25,26)/p-2/b4-3-,7-6-,10-9-/t20-/m1/s1. The van der Waals surface area contributed by atoms with Crippen LogP contribution < -0.4 is 9.79 Å². The number of rotatable bonds is 18. The Bertz CT molecular complexity index is 537. The number of hydrogen-bond acceptors (Lipinski definition) is 7. The predicted octanol–water partition coefficient (Wildman–Crippen LogP) is 3.33. The molecule has 0 unspecified atom stereocenters. The Morgan fingerprint density at radius 3 is 2.17 bits per heavy atom. The second-order valence-electron chi connectivity index (χ2n) is 6.68.